The van der Waals surface area contributed by atoms with E-state index in [0.717, 1.165) is 16.9 Å². The molecule has 2 rings (SSSR count). The van der Waals surface area contributed by atoms with E-state index in [0.29, 0.717) is 12.1 Å². The quantitative estimate of drug-likeness (QED) is 0.772. The molecule has 0 fully saturated rings. The highest BCUT2D eigenvalue weighted by Gasteiger charge is 2.02. The molecular formula is C14H15N3O3. The average Bonchev–Trinajstić information content (AvgIpc) is 2.41. The third-order valence-corrected chi connectivity index (χ3v) is 2.87. The summed E-state index contributed by atoms with van der Waals surface area (Å²) in [7, 11) is 0. The average molecular weight is 273 g/mol. The molecule has 3 N–H and O–H groups in total. The van der Waals surface area contributed by atoms with E-state index in [4.69, 9.17) is 5.11 Å². The summed E-state index contributed by atoms with van der Waals surface area (Å²) in [5, 5.41) is 11.8. The molecule has 0 spiro atoms. The molecule has 0 radical (unpaired) electrons. The molecule has 0 aliphatic rings. The molecule has 0 aliphatic heterocycles. The number of aryl methyl sites for hydroxylation is 2. The van der Waals surface area contributed by atoms with E-state index >= 15 is 0 Å². The van der Waals surface area contributed by atoms with Gasteiger partial charge in [0, 0.05) is 17.8 Å². The summed E-state index contributed by atoms with van der Waals surface area (Å²) in [5.41, 5.74) is 2.87. The van der Waals surface area contributed by atoms with Crippen LogP contribution in [0.15, 0.2) is 35.3 Å². The van der Waals surface area contributed by atoms with Crippen LogP contribution in [0.5, 0.6) is 0 Å². The number of carbonyl (C=O) groups is 1. The van der Waals surface area contributed by atoms with Gasteiger partial charge in [-0.2, -0.15) is 4.98 Å². The fourth-order valence-electron chi connectivity index (χ4n) is 1.77. The van der Waals surface area contributed by atoms with Crippen molar-refractivity contribution >= 4 is 17.3 Å². The second-order valence-electron chi connectivity index (χ2n) is 4.44. The maximum absolute atomic E-state index is 11.0. The Morgan fingerprint density at radius 2 is 2.05 bits per heavy atom. The summed E-state index contributed by atoms with van der Waals surface area (Å²) in [6.45, 7) is 1.78. The first-order valence-electron chi connectivity index (χ1n) is 6.18. The van der Waals surface area contributed by atoms with Crippen molar-refractivity contribution in [1.82, 2.24) is 9.97 Å². The van der Waals surface area contributed by atoms with Crippen molar-refractivity contribution < 1.29 is 9.90 Å². The highest BCUT2D eigenvalue weighted by molar-refractivity contribution is 5.67. The predicted molar refractivity (Wildman–Crippen MR) is 75.3 cm³/mol. The fraction of sp³-hybridized carbons (Fsp3) is 0.214. The number of anilines is 2. The molecule has 1 heterocycles. The van der Waals surface area contributed by atoms with Gasteiger partial charge in [0.2, 0.25) is 0 Å². The second kappa shape index (κ2) is 6.01. The molecule has 20 heavy (non-hydrogen) atoms. The van der Waals surface area contributed by atoms with Gasteiger partial charge in [0.05, 0.1) is 11.9 Å². The first kappa shape index (κ1) is 13.8. The van der Waals surface area contributed by atoms with Crippen LogP contribution in [0.4, 0.5) is 11.4 Å². The first-order valence-corrected chi connectivity index (χ1v) is 6.18. The van der Waals surface area contributed by atoms with Crippen LogP contribution in [0.2, 0.25) is 0 Å². The van der Waals surface area contributed by atoms with Gasteiger partial charge in [-0.1, -0.05) is 12.1 Å². The molecule has 1 aromatic carbocycles. The van der Waals surface area contributed by atoms with Gasteiger partial charge >= 0.3 is 11.7 Å². The Bertz CT molecular complexity index is 662. The molecule has 0 amide bonds. The zero-order valence-electron chi connectivity index (χ0n) is 11.0. The van der Waals surface area contributed by atoms with Crippen molar-refractivity contribution in [2.75, 3.05) is 5.32 Å². The standard InChI is InChI=1S/C14H15N3O3/c1-9-12(8-15-14(20)16-9)17-11-5-2-10(3-6-11)4-7-13(18)19/h2-3,5-6,8,17H,4,7H2,1H3,(H,18,19)(H,15,16,20). The number of carboxylic acids is 1. The molecule has 0 unspecified atom stereocenters. The van der Waals surface area contributed by atoms with Gasteiger partial charge in [0.15, 0.2) is 0 Å². The Hall–Kier alpha value is -2.63. The lowest BCUT2D eigenvalue weighted by atomic mass is 10.1. The molecule has 0 saturated carbocycles. The van der Waals surface area contributed by atoms with Crippen molar-refractivity contribution in [3.05, 3.63) is 52.2 Å². The highest BCUT2D eigenvalue weighted by Crippen LogP contribution is 2.18. The molecule has 1 aromatic heterocycles. The third kappa shape index (κ3) is 3.68. The SMILES string of the molecule is Cc1[nH]c(=O)ncc1Nc1ccc(CCC(=O)O)cc1. The van der Waals surface area contributed by atoms with E-state index in [-0.39, 0.29) is 12.1 Å². The van der Waals surface area contributed by atoms with Crippen molar-refractivity contribution in [3.8, 4) is 0 Å². The number of hydrogen-bond donors (Lipinski definition) is 3. The van der Waals surface area contributed by atoms with E-state index in [2.05, 4.69) is 15.3 Å². The molecule has 2 aromatic rings. The summed E-state index contributed by atoms with van der Waals surface area (Å²) in [4.78, 5) is 27.8. The Morgan fingerprint density at radius 3 is 2.65 bits per heavy atom. The monoisotopic (exact) mass is 273 g/mol. The topological polar surface area (TPSA) is 95.1 Å². The van der Waals surface area contributed by atoms with Gasteiger partial charge in [-0.25, -0.2) is 4.79 Å². The van der Waals surface area contributed by atoms with Gasteiger partial charge in [-0.05, 0) is 31.0 Å². The van der Waals surface area contributed by atoms with Crippen LogP contribution in [0.1, 0.15) is 17.7 Å². The smallest absolute Gasteiger partial charge is 0.345 e. The van der Waals surface area contributed by atoms with Crippen LogP contribution in [0, 0.1) is 6.92 Å². The summed E-state index contributed by atoms with van der Waals surface area (Å²) < 4.78 is 0. The number of nitrogens with zero attached hydrogens (tertiary/aromatic N) is 1. The summed E-state index contributed by atoms with van der Waals surface area (Å²) in [5.74, 6) is -0.804. The summed E-state index contributed by atoms with van der Waals surface area (Å²) in [6, 6.07) is 7.48. The van der Waals surface area contributed by atoms with Crippen LogP contribution in [0.25, 0.3) is 0 Å². The predicted octanol–water partition coefficient (Wildman–Crippen LogP) is 1.84. The normalized spacial score (nSPS) is 10.2. The number of H-pyrrole nitrogens is 1. The van der Waals surface area contributed by atoms with E-state index in [1.807, 2.05) is 24.3 Å². The number of aromatic amines is 1. The van der Waals surface area contributed by atoms with Crippen molar-refractivity contribution in [3.63, 3.8) is 0 Å². The van der Waals surface area contributed by atoms with Gasteiger partial charge in [-0.15, -0.1) is 0 Å². The zero-order valence-corrected chi connectivity index (χ0v) is 11.0. The summed E-state index contributed by atoms with van der Waals surface area (Å²) >= 11 is 0. The molecule has 0 aliphatic carbocycles. The lowest BCUT2D eigenvalue weighted by molar-refractivity contribution is -0.136. The number of aliphatic carboxylic acids is 1. The lowest BCUT2D eigenvalue weighted by Gasteiger charge is -2.09. The van der Waals surface area contributed by atoms with Crippen LogP contribution in [-0.4, -0.2) is 21.0 Å². The second-order valence-corrected chi connectivity index (χ2v) is 4.44. The minimum Gasteiger partial charge on any atom is -0.481 e. The lowest BCUT2D eigenvalue weighted by Crippen LogP contribution is -2.12. The first-order chi connectivity index (χ1) is 9.54. The molecule has 6 nitrogen and oxygen atoms in total. The maximum atomic E-state index is 11.0. The van der Waals surface area contributed by atoms with Gasteiger partial charge < -0.3 is 15.4 Å². The molecule has 0 bridgehead atoms. The number of rotatable bonds is 5. The van der Waals surface area contributed by atoms with E-state index in [1.165, 1.54) is 6.20 Å². The zero-order chi connectivity index (χ0) is 14.5. The van der Waals surface area contributed by atoms with E-state index in [9.17, 15) is 9.59 Å². The van der Waals surface area contributed by atoms with Crippen molar-refractivity contribution in [2.24, 2.45) is 0 Å². The molecule has 104 valence electrons. The Morgan fingerprint density at radius 1 is 1.35 bits per heavy atom. The maximum Gasteiger partial charge on any atom is 0.345 e. The van der Waals surface area contributed by atoms with Crippen LogP contribution in [0.3, 0.4) is 0 Å². The minimum absolute atomic E-state index is 0.121. The fourth-order valence-corrected chi connectivity index (χ4v) is 1.77. The number of hydrogen-bond acceptors (Lipinski definition) is 4. The van der Waals surface area contributed by atoms with E-state index in [1.54, 1.807) is 6.92 Å². The van der Waals surface area contributed by atoms with Crippen LogP contribution >= 0.6 is 0 Å². The number of benzene rings is 1. The third-order valence-electron chi connectivity index (χ3n) is 2.87. The van der Waals surface area contributed by atoms with Gasteiger partial charge in [-0.3, -0.25) is 4.79 Å². The van der Waals surface area contributed by atoms with Gasteiger partial charge in [0.1, 0.15) is 0 Å². The molecule has 0 atom stereocenters. The molecular weight excluding hydrogens is 258 g/mol. The highest BCUT2D eigenvalue weighted by atomic mass is 16.4. The summed E-state index contributed by atoms with van der Waals surface area (Å²) in [6.07, 6.45) is 2.11. The number of nitrogens with one attached hydrogen (secondary N) is 2. The largest absolute Gasteiger partial charge is 0.481 e. The molecule has 0 saturated heterocycles. The Kier molecular flexibility index (Phi) is 4.14. The van der Waals surface area contributed by atoms with Gasteiger partial charge in [0.25, 0.3) is 0 Å². The van der Waals surface area contributed by atoms with E-state index < -0.39 is 5.97 Å². The van der Waals surface area contributed by atoms with Crippen molar-refractivity contribution in [2.45, 2.75) is 19.8 Å². The number of aromatic nitrogens is 2. The number of carboxylic acid groups (broad SMARTS) is 1. The minimum atomic E-state index is -0.804. The Balaban J connectivity index is 2.06. The molecule has 6 heteroatoms. The Labute approximate surface area is 115 Å². The van der Waals surface area contributed by atoms with Crippen LogP contribution < -0.4 is 11.0 Å². The van der Waals surface area contributed by atoms with Crippen LogP contribution in [-0.2, 0) is 11.2 Å². The van der Waals surface area contributed by atoms with Crippen molar-refractivity contribution in [1.29, 1.82) is 0 Å².